The van der Waals surface area contributed by atoms with E-state index < -0.39 is 19.5 Å². The van der Waals surface area contributed by atoms with Crippen LogP contribution < -0.4 is 0 Å². The van der Waals surface area contributed by atoms with Gasteiger partial charge in [-0.2, -0.15) is 9.69 Å². The van der Waals surface area contributed by atoms with Crippen molar-refractivity contribution in [3.05, 3.63) is 35.9 Å². The third-order valence-corrected chi connectivity index (χ3v) is 9.84. The molecule has 1 aromatic carbocycles. The molecule has 2 bridgehead atoms. The Bertz CT molecular complexity index is 837. The summed E-state index contributed by atoms with van der Waals surface area (Å²) in [6.45, 7) is 8.86. The minimum atomic E-state index is -3.75. The van der Waals surface area contributed by atoms with Crippen molar-refractivity contribution in [3.8, 4) is 0 Å². The fourth-order valence-corrected chi connectivity index (χ4v) is 7.38. The number of fused-ring (bicyclic) bond motifs is 2. The van der Waals surface area contributed by atoms with Crippen LogP contribution in [0.1, 0.15) is 129 Å². The molecule has 2 aliphatic rings. The van der Waals surface area contributed by atoms with Gasteiger partial charge in [-0.05, 0) is 38.7 Å². The second-order valence-electron chi connectivity index (χ2n) is 12.4. The molecule has 7 nitrogen and oxygen atoms in total. The van der Waals surface area contributed by atoms with Gasteiger partial charge in [0, 0.05) is 13.2 Å². The van der Waals surface area contributed by atoms with Gasteiger partial charge >= 0.3 is 7.82 Å². The number of piperidine rings is 1. The molecule has 0 aliphatic carbocycles. The Labute approximate surface area is 250 Å². The molecule has 2 saturated heterocycles. The highest BCUT2D eigenvalue weighted by Gasteiger charge is 2.47. The van der Waals surface area contributed by atoms with Crippen molar-refractivity contribution < 1.29 is 27.7 Å². The molecule has 1 aromatic rings. The van der Waals surface area contributed by atoms with Crippen LogP contribution in [0.5, 0.6) is 0 Å². The maximum absolute atomic E-state index is 13.5. The lowest BCUT2D eigenvalue weighted by atomic mass is 10.0. The van der Waals surface area contributed by atoms with Crippen LogP contribution in [-0.2, 0) is 34.3 Å². The van der Waals surface area contributed by atoms with E-state index in [4.69, 9.17) is 23.1 Å². The Morgan fingerprint density at radius 2 is 1.54 bits per heavy atom. The highest BCUT2D eigenvalue weighted by atomic mass is 31.2. The number of hydrogen-bond acceptors (Lipinski definition) is 7. The van der Waals surface area contributed by atoms with E-state index >= 15 is 0 Å². The number of hydroxylamine groups is 2. The predicted molar refractivity (Wildman–Crippen MR) is 166 cm³/mol. The van der Waals surface area contributed by atoms with E-state index in [0.29, 0.717) is 26.4 Å². The Morgan fingerprint density at radius 3 is 2.15 bits per heavy atom. The van der Waals surface area contributed by atoms with E-state index in [1.54, 1.807) is 5.06 Å². The molecule has 4 unspecified atom stereocenters. The summed E-state index contributed by atoms with van der Waals surface area (Å²) in [6.07, 6.45) is 20.0. The lowest BCUT2D eigenvalue weighted by molar-refractivity contribution is -0.190. The zero-order valence-corrected chi connectivity index (χ0v) is 27.1. The Kier molecular flexibility index (Phi) is 16.5. The number of nitrogens with zero attached hydrogens (tertiary/aromatic N) is 1. The molecule has 3 rings (SSSR count). The highest BCUT2D eigenvalue weighted by molar-refractivity contribution is 7.48. The van der Waals surface area contributed by atoms with Gasteiger partial charge < -0.3 is 9.47 Å². The van der Waals surface area contributed by atoms with Crippen molar-refractivity contribution in [3.63, 3.8) is 0 Å². The number of ether oxygens (including phenoxy) is 2. The number of hydrogen-bond donors (Lipinski definition) is 0. The van der Waals surface area contributed by atoms with E-state index in [9.17, 15) is 4.57 Å². The topological polar surface area (TPSA) is 66.5 Å². The molecule has 2 aliphatic heterocycles. The van der Waals surface area contributed by atoms with Crippen LogP contribution in [0.25, 0.3) is 0 Å². The van der Waals surface area contributed by atoms with Crippen LogP contribution >= 0.6 is 7.82 Å². The van der Waals surface area contributed by atoms with E-state index in [1.807, 2.05) is 44.2 Å². The minimum absolute atomic E-state index is 0.126. The van der Waals surface area contributed by atoms with Crippen molar-refractivity contribution in [2.75, 3.05) is 26.3 Å². The first-order chi connectivity index (χ1) is 19.9. The van der Waals surface area contributed by atoms with Crippen LogP contribution in [0.4, 0.5) is 0 Å². The van der Waals surface area contributed by atoms with E-state index in [2.05, 4.69) is 6.92 Å². The number of phosphoric ester groups is 1. The summed E-state index contributed by atoms with van der Waals surface area (Å²) in [6, 6.07) is 10.0. The molecule has 0 amide bonds. The van der Waals surface area contributed by atoms with Gasteiger partial charge in [0.05, 0.1) is 25.9 Å². The second-order valence-corrected chi connectivity index (χ2v) is 13.9. The summed E-state index contributed by atoms with van der Waals surface area (Å²) in [5, 5.41) is 1.72. The van der Waals surface area contributed by atoms with Gasteiger partial charge in [0.1, 0.15) is 11.7 Å². The van der Waals surface area contributed by atoms with Gasteiger partial charge in [0.2, 0.25) is 0 Å². The molecule has 0 spiro atoms. The molecule has 0 aromatic heterocycles. The van der Waals surface area contributed by atoms with E-state index in [-0.39, 0.29) is 6.10 Å². The first kappa shape index (κ1) is 34.7. The average Bonchev–Trinajstić information content (AvgIpc) is 2.94. The Balaban J connectivity index is 1.33. The van der Waals surface area contributed by atoms with Gasteiger partial charge in [-0.1, -0.05) is 121 Å². The summed E-state index contributed by atoms with van der Waals surface area (Å²) in [5.41, 5.74) is 0.129. The van der Waals surface area contributed by atoms with Gasteiger partial charge in [0.25, 0.3) is 0 Å². The Morgan fingerprint density at radius 1 is 0.927 bits per heavy atom. The maximum atomic E-state index is 13.5. The van der Waals surface area contributed by atoms with Crippen molar-refractivity contribution in [2.24, 2.45) is 0 Å². The smallest absolute Gasteiger partial charge is 0.379 e. The molecule has 0 radical (unpaired) electrons. The highest BCUT2D eigenvalue weighted by Crippen LogP contribution is 2.58. The predicted octanol–water partition coefficient (Wildman–Crippen LogP) is 9.40. The van der Waals surface area contributed by atoms with Crippen molar-refractivity contribution >= 4 is 7.82 Å². The Hall–Kier alpha value is -0.790. The lowest BCUT2D eigenvalue weighted by Crippen LogP contribution is -2.47. The largest absolute Gasteiger partial charge is 0.492 e. The number of unbranched alkanes of at least 4 members (excludes halogenated alkanes) is 13. The van der Waals surface area contributed by atoms with Crippen molar-refractivity contribution in [1.82, 2.24) is 5.06 Å². The van der Waals surface area contributed by atoms with Crippen molar-refractivity contribution in [1.29, 1.82) is 0 Å². The maximum Gasteiger partial charge on any atom is 0.492 e. The normalized spacial score (nSPS) is 23.5. The monoisotopic (exact) mass is 595 g/mol. The SMILES string of the molecule is CCCCCCCCCCCCCCCCOCC(OCc1ccccc1)C(C)(C)OP1(=O)OC2CCCN(C2)O1. The van der Waals surface area contributed by atoms with E-state index in [1.165, 1.54) is 83.5 Å². The van der Waals surface area contributed by atoms with Crippen LogP contribution in [0.15, 0.2) is 30.3 Å². The fourth-order valence-electron chi connectivity index (χ4n) is 5.60. The van der Waals surface area contributed by atoms with Crippen molar-refractivity contribution in [2.45, 2.75) is 148 Å². The molecule has 0 saturated carbocycles. The fraction of sp³-hybridized carbons (Fsp3) is 0.818. The molecule has 8 heteroatoms. The summed E-state index contributed by atoms with van der Waals surface area (Å²) >= 11 is 0. The number of rotatable bonds is 23. The zero-order valence-electron chi connectivity index (χ0n) is 26.2. The number of phosphoric acid groups is 1. The quantitative estimate of drug-likeness (QED) is 0.0922. The second kappa shape index (κ2) is 19.5. The van der Waals surface area contributed by atoms with Gasteiger partial charge in [0.15, 0.2) is 0 Å². The van der Waals surface area contributed by atoms with Crippen LogP contribution in [0, 0.1) is 0 Å². The molecule has 236 valence electrons. The summed E-state index contributed by atoms with van der Waals surface area (Å²) < 4.78 is 43.4. The minimum Gasteiger partial charge on any atom is -0.379 e. The first-order valence-corrected chi connectivity index (χ1v) is 18.0. The molecule has 2 heterocycles. The van der Waals surface area contributed by atoms with Crippen LogP contribution in [-0.4, -0.2) is 49.2 Å². The molecule has 0 N–H and O–H groups in total. The van der Waals surface area contributed by atoms with Gasteiger partial charge in [-0.3, -0.25) is 9.05 Å². The van der Waals surface area contributed by atoms with Gasteiger partial charge in [-0.25, -0.2) is 4.57 Å². The number of benzene rings is 1. The van der Waals surface area contributed by atoms with Crippen LogP contribution in [0.2, 0.25) is 0 Å². The van der Waals surface area contributed by atoms with E-state index in [0.717, 1.165) is 31.4 Å². The third-order valence-electron chi connectivity index (χ3n) is 8.16. The first-order valence-electron chi connectivity index (χ1n) is 16.6. The zero-order chi connectivity index (χ0) is 29.2. The molecule has 2 fully saturated rings. The molecular weight excluding hydrogens is 537 g/mol. The average molecular weight is 596 g/mol. The summed E-state index contributed by atoms with van der Waals surface area (Å²) in [4.78, 5) is 0. The summed E-state index contributed by atoms with van der Waals surface area (Å²) in [7, 11) is -3.75. The standard InChI is InChI=1S/C33H58NO6P/c1-4-5-6-7-8-9-10-11-12-13-14-15-16-20-26-36-29-32(37-28-30-22-18-17-19-23-30)33(2,3)39-41(35)38-31-24-21-25-34(27-31)40-41/h17-19,22-23,31-32H,4-16,20-21,24-29H2,1-3H3. The third kappa shape index (κ3) is 14.0. The molecule has 41 heavy (non-hydrogen) atoms. The molecule has 4 atom stereocenters. The lowest BCUT2D eigenvalue weighted by Gasteiger charge is -2.43. The molecular formula is C33H58NO6P. The van der Waals surface area contributed by atoms with Crippen LogP contribution in [0.3, 0.4) is 0 Å². The summed E-state index contributed by atoms with van der Waals surface area (Å²) in [5.74, 6) is 0. The van der Waals surface area contributed by atoms with Gasteiger partial charge in [-0.15, -0.1) is 0 Å².